The summed E-state index contributed by atoms with van der Waals surface area (Å²) in [5, 5.41) is 0. The highest BCUT2D eigenvalue weighted by Crippen LogP contribution is 2.31. The van der Waals surface area contributed by atoms with E-state index < -0.39 is 0 Å². The van der Waals surface area contributed by atoms with E-state index in [0.29, 0.717) is 0 Å². The Balaban J connectivity index is 2.39. The number of benzene rings is 1. The molecule has 2 aromatic rings. The van der Waals surface area contributed by atoms with Crippen molar-refractivity contribution in [3.05, 3.63) is 22.9 Å². The van der Waals surface area contributed by atoms with Crippen LogP contribution in [0.1, 0.15) is 6.42 Å². The fraction of sp³-hybridized carbons (Fsp3) is 0.300. The molecule has 0 saturated heterocycles. The summed E-state index contributed by atoms with van der Waals surface area (Å²) < 4.78 is 8.85. The SMILES string of the molecule is Brc1cc2c3c(c1)ncn3CCCO2. The first-order valence-corrected chi connectivity index (χ1v) is 5.41. The Bertz CT molecular complexity index is 492. The van der Waals surface area contributed by atoms with Crippen molar-refractivity contribution in [1.29, 1.82) is 0 Å². The van der Waals surface area contributed by atoms with Crippen molar-refractivity contribution in [1.82, 2.24) is 9.55 Å². The lowest BCUT2D eigenvalue weighted by atomic mass is 10.3. The van der Waals surface area contributed by atoms with Crippen molar-refractivity contribution in [3.63, 3.8) is 0 Å². The maximum atomic E-state index is 5.67. The van der Waals surface area contributed by atoms with Crippen molar-refractivity contribution >= 4 is 27.0 Å². The second-order valence-corrected chi connectivity index (χ2v) is 4.33. The molecule has 0 saturated carbocycles. The van der Waals surface area contributed by atoms with Crippen LogP contribution in [0.2, 0.25) is 0 Å². The highest BCUT2D eigenvalue weighted by atomic mass is 79.9. The molecule has 0 amide bonds. The standard InChI is InChI=1S/C10H9BrN2O/c11-7-4-8-10-9(5-7)14-3-1-2-13(10)6-12-8/h4-6H,1-3H2. The van der Waals surface area contributed by atoms with Gasteiger partial charge >= 0.3 is 0 Å². The average molecular weight is 253 g/mol. The highest BCUT2D eigenvalue weighted by molar-refractivity contribution is 9.10. The molecule has 3 nitrogen and oxygen atoms in total. The molecule has 1 aromatic heterocycles. The number of ether oxygens (including phenoxy) is 1. The summed E-state index contributed by atoms with van der Waals surface area (Å²) >= 11 is 3.45. The van der Waals surface area contributed by atoms with E-state index in [2.05, 4.69) is 25.5 Å². The maximum Gasteiger partial charge on any atom is 0.146 e. The Morgan fingerprint density at radius 3 is 3.29 bits per heavy atom. The van der Waals surface area contributed by atoms with E-state index in [4.69, 9.17) is 4.74 Å². The van der Waals surface area contributed by atoms with E-state index in [1.165, 1.54) is 0 Å². The smallest absolute Gasteiger partial charge is 0.146 e. The Kier molecular flexibility index (Phi) is 1.77. The first-order valence-electron chi connectivity index (χ1n) is 4.62. The highest BCUT2D eigenvalue weighted by Gasteiger charge is 2.13. The molecule has 1 aliphatic rings. The fourth-order valence-corrected chi connectivity index (χ4v) is 2.26. The zero-order valence-electron chi connectivity index (χ0n) is 7.53. The van der Waals surface area contributed by atoms with Crippen molar-refractivity contribution in [3.8, 4) is 5.75 Å². The van der Waals surface area contributed by atoms with Crippen LogP contribution in [-0.2, 0) is 6.54 Å². The summed E-state index contributed by atoms with van der Waals surface area (Å²) in [5.74, 6) is 0.935. The lowest BCUT2D eigenvalue weighted by molar-refractivity contribution is 0.315. The fourth-order valence-electron chi connectivity index (χ4n) is 1.83. The Hall–Kier alpha value is -1.03. The second kappa shape index (κ2) is 2.98. The van der Waals surface area contributed by atoms with Crippen molar-refractivity contribution in [2.45, 2.75) is 13.0 Å². The maximum absolute atomic E-state index is 5.67. The summed E-state index contributed by atoms with van der Waals surface area (Å²) in [6, 6.07) is 4.02. The first-order chi connectivity index (χ1) is 6.84. The van der Waals surface area contributed by atoms with E-state index in [9.17, 15) is 0 Å². The minimum absolute atomic E-state index is 0.785. The van der Waals surface area contributed by atoms with Crippen molar-refractivity contribution in [2.24, 2.45) is 0 Å². The number of aromatic nitrogens is 2. The normalized spacial score (nSPS) is 15.2. The molecule has 4 heteroatoms. The Morgan fingerprint density at radius 1 is 1.43 bits per heavy atom. The monoisotopic (exact) mass is 252 g/mol. The molecular weight excluding hydrogens is 244 g/mol. The third-order valence-corrected chi connectivity index (χ3v) is 2.90. The van der Waals surface area contributed by atoms with E-state index in [1.807, 2.05) is 18.5 Å². The van der Waals surface area contributed by atoms with Gasteiger partial charge in [0.15, 0.2) is 0 Å². The molecule has 14 heavy (non-hydrogen) atoms. The van der Waals surface area contributed by atoms with E-state index >= 15 is 0 Å². The molecule has 1 aromatic carbocycles. The Morgan fingerprint density at radius 2 is 2.36 bits per heavy atom. The van der Waals surface area contributed by atoms with E-state index in [-0.39, 0.29) is 0 Å². The molecule has 0 radical (unpaired) electrons. The quantitative estimate of drug-likeness (QED) is 0.721. The summed E-state index contributed by atoms with van der Waals surface area (Å²) in [5.41, 5.74) is 2.11. The molecule has 0 unspecified atom stereocenters. The van der Waals surface area contributed by atoms with Gasteiger partial charge < -0.3 is 9.30 Å². The van der Waals surface area contributed by atoms with E-state index in [0.717, 1.165) is 40.8 Å². The topological polar surface area (TPSA) is 27.1 Å². The zero-order chi connectivity index (χ0) is 9.54. The minimum atomic E-state index is 0.785. The third-order valence-electron chi connectivity index (χ3n) is 2.44. The average Bonchev–Trinajstić information content (AvgIpc) is 2.43. The number of nitrogens with zero attached hydrogens (tertiary/aromatic N) is 2. The Labute approximate surface area is 89.8 Å². The molecule has 2 heterocycles. The molecule has 0 bridgehead atoms. The number of halogens is 1. The summed E-state index contributed by atoms with van der Waals surface area (Å²) in [4.78, 5) is 4.35. The van der Waals surface area contributed by atoms with Gasteiger partial charge in [-0.2, -0.15) is 0 Å². The van der Waals surface area contributed by atoms with Crippen molar-refractivity contribution in [2.75, 3.05) is 6.61 Å². The number of hydrogen-bond donors (Lipinski definition) is 0. The first kappa shape index (κ1) is 8.29. The summed E-state index contributed by atoms with van der Waals surface area (Å²) in [6.45, 7) is 1.78. The minimum Gasteiger partial charge on any atom is -0.491 e. The van der Waals surface area contributed by atoms with Crippen LogP contribution in [0.15, 0.2) is 22.9 Å². The number of hydrogen-bond acceptors (Lipinski definition) is 2. The number of rotatable bonds is 0. The molecule has 0 N–H and O–H groups in total. The van der Waals surface area contributed by atoms with Gasteiger partial charge in [-0.25, -0.2) is 4.98 Å². The lowest BCUT2D eigenvalue weighted by Gasteiger charge is -2.04. The van der Waals surface area contributed by atoms with Gasteiger partial charge in [-0.15, -0.1) is 0 Å². The van der Waals surface area contributed by atoms with Crippen LogP contribution in [0.5, 0.6) is 5.75 Å². The van der Waals surface area contributed by atoms with Gasteiger partial charge in [-0.05, 0) is 18.6 Å². The number of aryl methyl sites for hydroxylation is 1. The van der Waals surface area contributed by atoms with Crippen LogP contribution in [0.3, 0.4) is 0 Å². The van der Waals surface area contributed by atoms with Gasteiger partial charge in [0.05, 0.1) is 18.5 Å². The van der Waals surface area contributed by atoms with Crippen LogP contribution in [0.25, 0.3) is 11.0 Å². The predicted octanol–water partition coefficient (Wildman–Crippen LogP) is 2.58. The summed E-state index contributed by atoms with van der Waals surface area (Å²) in [7, 11) is 0. The predicted molar refractivity (Wildman–Crippen MR) is 57.5 cm³/mol. The van der Waals surface area contributed by atoms with Crippen molar-refractivity contribution < 1.29 is 4.74 Å². The van der Waals surface area contributed by atoms with Gasteiger partial charge in [0.2, 0.25) is 0 Å². The molecule has 0 fully saturated rings. The largest absolute Gasteiger partial charge is 0.491 e. The van der Waals surface area contributed by atoms with Gasteiger partial charge in [-0.3, -0.25) is 0 Å². The van der Waals surface area contributed by atoms with Crippen LogP contribution in [0.4, 0.5) is 0 Å². The summed E-state index contributed by atoms with van der Waals surface area (Å²) in [6.07, 6.45) is 2.92. The molecule has 72 valence electrons. The molecular formula is C10H9BrN2O. The lowest BCUT2D eigenvalue weighted by Crippen LogP contribution is -1.97. The molecule has 0 atom stereocenters. The third kappa shape index (κ3) is 1.14. The van der Waals surface area contributed by atoms with Gasteiger partial charge in [0, 0.05) is 11.0 Å². The van der Waals surface area contributed by atoms with Crippen LogP contribution >= 0.6 is 15.9 Å². The molecule has 0 spiro atoms. The molecule has 1 aliphatic heterocycles. The van der Waals surface area contributed by atoms with Crippen LogP contribution in [-0.4, -0.2) is 16.2 Å². The van der Waals surface area contributed by atoms with Gasteiger partial charge in [0.1, 0.15) is 11.3 Å². The van der Waals surface area contributed by atoms with Crippen LogP contribution in [0, 0.1) is 0 Å². The molecule has 3 rings (SSSR count). The second-order valence-electron chi connectivity index (χ2n) is 3.41. The number of imidazole rings is 1. The van der Waals surface area contributed by atoms with E-state index in [1.54, 1.807) is 0 Å². The zero-order valence-corrected chi connectivity index (χ0v) is 9.12. The van der Waals surface area contributed by atoms with Gasteiger partial charge in [-0.1, -0.05) is 15.9 Å². The van der Waals surface area contributed by atoms with Gasteiger partial charge in [0.25, 0.3) is 0 Å². The molecule has 0 aliphatic carbocycles. The van der Waals surface area contributed by atoms with Crippen LogP contribution < -0.4 is 4.74 Å².